The third-order valence-electron chi connectivity index (χ3n) is 3.27. The summed E-state index contributed by atoms with van der Waals surface area (Å²) >= 11 is 6.24. The molecule has 5 nitrogen and oxygen atoms in total. The van der Waals surface area contributed by atoms with Crippen LogP contribution < -0.4 is 10.6 Å². The van der Waals surface area contributed by atoms with Crippen LogP contribution in [0.3, 0.4) is 0 Å². The van der Waals surface area contributed by atoms with Gasteiger partial charge in [0.05, 0.1) is 6.04 Å². The molecule has 0 radical (unpaired) electrons. The van der Waals surface area contributed by atoms with E-state index in [4.69, 9.17) is 11.6 Å². The number of likely N-dealkylation sites (N-methyl/N-ethyl adjacent to an activating group) is 1. The van der Waals surface area contributed by atoms with Gasteiger partial charge in [0, 0.05) is 25.7 Å². The van der Waals surface area contributed by atoms with Crippen LogP contribution in [0.4, 0.5) is 0 Å². The Balaban J connectivity index is 0.00000529. The molecule has 136 valence electrons. The Morgan fingerprint density at radius 2 is 1.88 bits per heavy atom. The molecule has 1 atom stereocenters. The molecule has 1 aromatic carbocycles. The summed E-state index contributed by atoms with van der Waals surface area (Å²) in [6.07, 6.45) is 0. The first kappa shape index (κ1) is 23.0. The van der Waals surface area contributed by atoms with E-state index in [0.717, 1.165) is 12.1 Å². The standard InChI is InChI=1S/C17H27ClN4O.HI/c1-12(2)10-19-17(20-11-16(23)22(4)5)21-13(3)14-8-6-7-9-15(14)18;/h6-9,12-13H,10-11H2,1-5H3,(H2,19,20,21);1H. The van der Waals surface area contributed by atoms with Gasteiger partial charge in [0.15, 0.2) is 5.96 Å². The summed E-state index contributed by atoms with van der Waals surface area (Å²) in [4.78, 5) is 17.6. The van der Waals surface area contributed by atoms with Crippen molar-refractivity contribution in [2.45, 2.75) is 26.8 Å². The number of hydrogen-bond acceptors (Lipinski definition) is 2. The average molecular weight is 467 g/mol. The van der Waals surface area contributed by atoms with Crippen molar-refractivity contribution < 1.29 is 4.79 Å². The Kier molecular flexibility index (Phi) is 11.0. The van der Waals surface area contributed by atoms with Crippen molar-refractivity contribution in [1.29, 1.82) is 0 Å². The van der Waals surface area contributed by atoms with E-state index in [2.05, 4.69) is 29.5 Å². The molecule has 1 rings (SSSR count). The van der Waals surface area contributed by atoms with Gasteiger partial charge in [-0.05, 0) is 24.5 Å². The molecule has 1 unspecified atom stereocenters. The normalized spacial score (nSPS) is 12.4. The minimum absolute atomic E-state index is 0. The Morgan fingerprint density at radius 1 is 1.25 bits per heavy atom. The first-order valence-corrected chi connectivity index (χ1v) is 8.18. The largest absolute Gasteiger partial charge is 0.356 e. The number of rotatable bonds is 6. The SMILES string of the molecule is CC(C)CNC(=NCC(=O)N(C)C)NC(C)c1ccccc1Cl.I. The Labute approximate surface area is 167 Å². The van der Waals surface area contributed by atoms with E-state index in [1.54, 1.807) is 14.1 Å². The molecule has 0 saturated heterocycles. The van der Waals surface area contributed by atoms with Crippen LogP contribution in [-0.4, -0.2) is 44.0 Å². The molecule has 0 aliphatic heterocycles. The Morgan fingerprint density at radius 3 is 2.42 bits per heavy atom. The fourth-order valence-electron chi connectivity index (χ4n) is 1.85. The van der Waals surface area contributed by atoms with Crippen LogP contribution >= 0.6 is 35.6 Å². The lowest BCUT2D eigenvalue weighted by atomic mass is 10.1. The van der Waals surface area contributed by atoms with Crippen molar-refractivity contribution in [3.05, 3.63) is 34.9 Å². The van der Waals surface area contributed by atoms with Crippen molar-refractivity contribution in [2.24, 2.45) is 10.9 Å². The molecule has 0 heterocycles. The summed E-state index contributed by atoms with van der Waals surface area (Å²) in [6, 6.07) is 7.68. The monoisotopic (exact) mass is 466 g/mol. The van der Waals surface area contributed by atoms with Gasteiger partial charge in [-0.15, -0.1) is 24.0 Å². The maximum absolute atomic E-state index is 11.7. The van der Waals surface area contributed by atoms with Crippen LogP contribution in [0.15, 0.2) is 29.3 Å². The van der Waals surface area contributed by atoms with Crippen molar-refractivity contribution in [2.75, 3.05) is 27.2 Å². The van der Waals surface area contributed by atoms with Gasteiger partial charge < -0.3 is 15.5 Å². The molecule has 0 bridgehead atoms. The molecule has 2 N–H and O–H groups in total. The predicted molar refractivity (Wildman–Crippen MR) is 112 cm³/mol. The number of aliphatic imine (C=N–C) groups is 1. The molecule has 0 aromatic heterocycles. The summed E-state index contributed by atoms with van der Waals surface area (Å²) < 4.78 is 0. The second kappa shape index (κ2) is 11.5. The van der Waals surface area contributed by atoms with Crippen LogP contribution in [0, 0.1) is 5.92 Å². The lowest BCUT2D eigenvalue weighted by molar-refractivity contribution is -0.127. The molecule has 0 spiro atoms. The van der Waals surface area contributed by atoms with Crippen molar-refractivity contribution >= 4 is 47.4 Å². The van der Waals surface area contributed by atoms with Gasteiger partial charge >= 0.3 is 0 Å². The van der Waals surface area contributed by atoms with Crippen LogP contribution in [0.1, 0.15) is 32.4 Å². The number of benzene rings is 1. The number of halogens is 2. The lowest BCUT2D eigenvalue weighted by Gasteiger charge is -2.20. The second-order valence-corrected chi connectivity index (χ2v) is 6.52. The molecule has 1 aromatic rings. The zero-order chi connectivity index (χ0) is 17.4. The van der Waals surface area contributed by atoms with Crippen molar-refractivity contribution in [3.63, 3.8) is 0 Å². The zero-order valence-electron chi connectivity index (χ0n) is 15.0. The van der Waals surface area contributed by atoms with E-state index in [9.17, 15) is 4.79 Å². The van der Waals surface area contributed by atoms with Gasteiger partial charge in [0.2, 0.25) is 5.91 Å². The van der Waals surface area contributed by atoms with E-state index < -0.39 is 0 Å². The molecule has 0 saturated carbocycles. The number of amides is 1. The maximum atomic E-state index is 11.7. The van der Waals surface area contributed by atoms with E-state index in [1.807, 2.05) is 31.2 Å². The van der Waals surface area contributed by atoms with Crippen LogP contribution in [0.2, 0.25) is 5.02 Å². The second-order valence-electron chi connectivity index (χ2n) is 6.12. The van der Waals surface area contributed by atoms with Gasteiger partial charge in [-0.1, -0.05) is 43.6 Å². The van der Waals surface area contributed by atoms with Crippen molar-refractivity contribution in [3.8, 4) is 0 Å². The molecule has 24 heavy (non-hydrogen) atoms. The highest BCUT2D eigenvalue weighted by Crippen LogP contribution is 2.21. The van der Waals surface area contributed by atoms with Gasteiger partial charge in [-0.25, -0.2) is 4.99 Å². The Bertz CT molecular complexity index is 549. The van der Waals surface area contributed by atoms with Gasteiger partial charge in [-0.3, -0.25) is 4.79 Å². The van der Waals surface area contributed by atoms with Crippen LogP contribution in [0.25, 0.3) is 0 Å². The third kappa shape index (κ3) is 8.19. The molecule has 0 aliphatic rings. The summed E-state index contributed by atoms with van der Waals surface area (Å²) in [5.41, 5.74) is 0.993. The van der Waals surface area contributed by atoms with E-state index >= 15 is 0 Å². The fourth-order valence-corrected chi connectivity index (χ4v) is 2.15. The first-order chi connectivity index (χ1) is 10.8. The number of nitrogens with one attached hydrogen (secondary N) is 2. The number of carbonyl (C=O) groups excluding carboxylic acids is 1. The smallest absolute Gasteiger partial charge is 0.243 e. The lowest BCUT2D eigenvalue weighted by Crippen LogP contribution is -2.41. The highest BCUT2D eigenvalue weighted by molar-refractivity contribution is 14.0. The number of nitrogens with zero attached hydrogens (tertiary/aromatic N) is 2. The minimum Gasteiger partial charge on any atom is -0.356 e. The summed E-state index contributed by atoms with van der Waals surface area (Å²) in [5, 5.41) is 7.27. The molecular formula is C17H28ClIN4O. The molecule has 0 aliphatic carbocycles. The third-order valence-corrected chi connectivity index (χ3v) is 3.62. The van der Waals surface area contributed by atoms with E-state index in [1.165, 1.54) is 4.90 Å². The topological polar surface area (TPSA) is 56.7 Å². The number of hydrogen-bond donors (Lipinski definition) is 2. The Hall–Kier alpha value is -1.02. The summed E-state index contributed by atoms with van der Waals surface area (Å²) in [7, 11) is 3.44. The van der Waals surface area contributed by atoms with Gasteiger partial charge in [-0.2, -0.15) is 0 Å². The zero-order valence-corrected chi connectivity index (χ0v) is 18.1. The molecule has 7 heteroatoms. The maximum Gasteiger partial charge on any atom is 0.243 e. The van der Waals surface area contributed by atoms with Crippen LogP contribution in [-0.2, 0) is 4.79 Å². The number of carbonyl (C=O) groups is 1. The highest BCUT2D eigenvalue weighted by atomic mass is 127. The molecule has 0 fully saturated rings. The summed E-state index contributed by atoms with van der Waals surface area (Å²) in [6.45, 7) is 7.13. The van der Waals surface area contributed by atoms with Crippen molar-refractivity contribution in [1.82, 2.24) is 15.5 Å². The molecule has 1 amide bonds. The average Bonchev–Trinajstić information content (AvgIpc) is 2.49. The quantitative estimate of drug-likeness (QED) is 0.384. The minimum atomic E-state index is -0.0407. The fraction of sp³-hybridized carbons (Fsp3) is 0.529. The van der Waals surface area contributed by atoms with Gasteiger partial charge in [0.25, 0.3) is 0 Å². The number of guanidine groups is 1. The van der Waals surface area contributed by atoms with E-state index in [-0.39, 0.29) is 42.5 Å². The van der Waals surface area contributed by atoms with Gasteiger partial charge in [0.1, 0.15) is 6.54 Å². The molecular weight excluding hydrogens is 439 g/mol. The van der Waals surface area contributed by atoms with Crippen LogP contribution in [0.5, 0.6) is 0 Å². The van der Waals surface area contributed by atoms with E-state index in [0.29, 0.717) is 16.9 Å². The first-order valence-electron chi connectivity index (χ1n) is 7.80. The predicted octanol–water partition coefficient (Wildman–Crippen LogP) is 3.30. The summed E-state index contributed by atoms with van der Waals surface area (Å²) in [5.74, 6) is 1.05. The highest BCUT2D eigenvalue weighted by Gasteiger charge is 2.12.